The summed E-state index contributed by atoms with van der Waals surface area (Å²) in [6, 6.07) is 9.23. The Balaban J connectivity index is 1.51. The number of rotatable bonds is 4. The van der Waals surface area contributed by atoms with Gasteiger partial charge in [0, 0.05) is 48.5 Å². The fourth-order valence-corrected chi connectivity index (χ4v) is 3.84. The maximum atomic E-state index is 12.7. The lowest BCUT2D eigenvalue weighted by molar-refractivity contribution is 0.0746. The lowest BCUT2D eigenvalue weighted by Gasteiger charge is -2.35. The van der Waals surface area contributed by atoms with Gasteiger partial charge in [-0.25, -0.2) is 0 Å². The number of anilines is 1. The number of halogens is 1. The van der Waals surface area contributed by atoms with Crippen molar-refractivity contribution in [1.82, 2.24) is 24.5 Å². The van der Waals surface area contributed by atoms with Crippen molar-refractivity contribution in [3.63, 3.8) is 0 Å². The molecule has 146 valence electrons. The lowest BCUT2D eigenvalue weighted by Crippen LogP contribution is -2.49. The molecule has 0 N–H and O–H groups in total. The van der Waals surface area contributed by atoms with Gasteiger partial charge in [-0.3, -0.25) is 9.20 Å². The van der Waals surface area contributed by atoms with Gasteiger partial charge in [0.05, 0.1) is 0 Å². The fourth-order valence-electron chi connectivity index (χ4n) is 3.65. The summed E-state index contributed by atoms with van der Waals surface area (Å²) < 4.78 is 2.02. The van der Waals surface area contributed by atoms with Crippen LogP contribution in [0.1, 0.15) is 35.2 Å². The second kappa shape index (κ2) is 7.75. The van der Waals surface area contributed by atoms with Gasteiger partial charge in [-0.15, -0.1) is 10.2 Å². The zero-order chi connectivity index (χ0) is 19.7. The molecular weight excluding hydrogens is 376 g/mol. The Bertz CT molecular complexity index is 1010. The third-order valence-corrected chi connectivity index (χ3v) is 5.31. The number of hydrogen-bond donors (Lipinski definition) is 0. The number of amides is 1. The topological polar surface area (TPSA) is 66.6 Å². The van der Waals surface area contributed by atoms with Crippen molar-refractivity contribution < 1.29 is 4.79 Å². The van der Waals surface area contributed by atoms with Gasteiger partial charge in [0.1, 0.15) is 11.6 Å². The number of carbonyl (C=O) groups excluding carboxylic acids is 1. The van der Waals surface area contributed by atoms with Crippen LogP contribution in [-0.4, -0.2) is 56.6 Å². The van der Waals surface area contributed by atoms with Crippen molar-refractivity contribution in [2.75, 3.05) is 31.1 Å². The van der Waals surface area contributed by atoms with Gasteiger partial charge in [0.25, 0.3) is 11.7 Å². The van der Waals surface area contributed by atoms with E-state index in [-0.39, 0.29) is 5.91 Å². The molecule has 7 nitrogen and oxygen atoms in total. The lowest BCUT2D eigenvalue weighted by atomic mass is 10.1. The van der Waals surface area contributed by atoms with Crippen LogP contribution in [0, 0.1) is 6.92 Å². The summed E-state index contributed by atoms with van der Waals surface area (Å²) in [7, 11) is 0. The number of hydrogen-bond acceptors (Lipinski definition) is 5. The Morgan fingerprint density at radius 3 is 2.64 bits per heavy atom. The summed E-state index contributed by atoms with van der Waals surface area (Å²) in [5, 5.41) is 8.95. The van der Waals surface area contributed by atoms with Gasteiger partial charge in [-0.1, -0.05) is 31.0 Å². The number of nitrogens with zero attached hydrogens (tertiary/aromatic N) is 6. The van der Waals surface area contributed by atoms with Crippen molar-refractivity contribution in [1.29, 1.82) is 0 Å². The molecule has 4 rings (SSSR count). The van der Waals surface area contributed by atoms with Crippen molar-refractivity contribution in [2.24, 2.45) is 0 Å². The molecule has 1 aliphatic heterocycles. The Hall–Kier alpha value is -2.67. The highest BCUT2D eigenvalue weighted by atomic mass is 35.5. The van der Waals surface area contributed by atoms with E-state index < -0.39 is 0 Å². The van der Waals surface area contributed by atoms with Crippen molar-refractivity contribution >= 4 is 29.1 Å². The molecule has 1 saturated heterocycles. The predicted octanol–water partition coefficient (Wildman–Crippen LogP) is 3.00. The summed E-state index contributed by atoms with van der Waals surface area (Å²) in [6.07, 6.45) is 1.98. The molecule has 0 unspecified atom stereocenters. The van der Waals surface area contributed by atoms with E-state index >= 15 is 0 Å². The average molecular weight is 399 g/mol. The van der Waals surface area contributed by atoms with E-state index in [1.54, 1.807) is 24.3 Å². The molecule has 1 amide bonds. The Labute approximate surface area is 168 Å². The summed E-state index contributed by atoms with van der Waals surface area (Å²) in [6.45, 7) is 6.86. The highest BCUT2D eigenvalue weighted by Crippen LogP contribution is 2.20. The smallest absolute Gasteiger partial charge is 0.257 e. The highest BCUT2D eigenvalue weighted by Gasteiger charge is 2.24. The molecule has 0 bridgehead atoms. The maximum absolute atomic E-state index is 12.7. The van der Waals surface area contributed by atoms with Gasteiger partial charge in [0.15, 0.2) is 0 Å². The molecule has 1 fully saturated rings. The Morgan fingerprint density at radius 2 is 1.93 bits per heavy atom. The summed E-state index contributed by atoms with van der Waals surface area (Å²) >= 11 is 6.02. The average Bonchev–Trinajstić information content (AvgIpc) is 3.09. The molecule has 0 atom stereocenters. The van der Waals surface area contributed by atoms with Crippen LogP contribution in [0.3, 0.4) is 0 Å². The first-order valence-electron chi connectivity index (χ1n) is 9.58. The minimum absolute atomic E-state index is 0.0188. The molecule has 0 spiro atoms. The molecule has 8 heteroatoms. The maximum Gasteiger partial charge on any atom is 0.257 e. The second-order valence-electron chi connectivity index (χ2n) is 7.03. The SMILES string of the molecule is CCCc1cc(N2CCN(C(=O)c3cccc(Cl)c3)CC2)nc2nnc(C)n12. The van der Waals surface area contributed by atoms with Crippen LogP contribution in [0.2, 0.25) is 5.02 Å². The van der Waals surface area contributed by atoms with E-state index in [0.717, 1.165) is 37.6 Å². The van der Waals surface area contributed by atoms with Crippen molar-refractivity contribution in [3.8, 4) is 0 Å². The minimum atomic E-state index is 0.0188. The Morgan fingerprint density at radius 1 is 1.14 bits per heavy atom. The van der Waals surface area contributed by atoms with E-state index in [1.165, 1.54) is 5.69 Å². The summed E-state index contributed by atoms with van der Waals surface area (Å²) in [4.78, 5) is 21.5. The standard InChI is InChI=1S/C20H23ClN6O/c1-3-5-17-13-18(22-20-24-23-14(2)27(17)20)25-8-10-26(11-9-25)19(28)15-6-4-7-16(21)12-15/h4,6-7,12-13H,3,5,8-11H2,1-2H3. The van der Waals surface area contributed by atoms with Gasteiger partial charge in [-0.2, -0.15) is 4.98 Å². The summed E-state index contributed by atoms with van der Waals surface area (Å²) in [5.74, 6) is 2.41. The monoisotopic (exact) mass is 398 g/mol. The molecule has 0 saturated carbocycles. The van der Waals surface area contributed by atoms with Crippen LogP contribution >= 0.6 is 11.6 Å². The van der Waals surface area contributed by atoms with Gasteiger partial charge >= 0.3 is 0 Å². The first-order chi connectivity index (χ1) is 13.6. The first kappa shape index (κ1) is 18.7. The second-order valence-corrected chi connectivity index (χ2v) is 7.46. The zero-order valence-electron chi connectivity index (χ0n) is 16.1. The van der Waals surface area contributed by atoms with E-state index in [2.05, 4.69) is 28.1 Å². The molecule has 3 aromatic rings. The van der Waals surface area contributed by atoms with Crippen LogP contribution in [0.4, 0.5) is 5.82 Å². The predicted molar refractivity (Wildman–Crippen MR) is 109 cm³/mol. The van der Waals surface area contributed by atoms with Gasteiger partial charge in [-0.05, 0) is 31.5 Å². The van der Waals surface area contributed by atoms with Crippen molar-refractivity contribution in [2.45, 2.75) is 26.7 Å². The number of aromatic nitrogens is 4. The first-order valence-corrected chi connectivity index (χ1v) is 9.96. The number of fused-ring (bicyclic) bond motifs is 1. The normalized spacial score (nSPS) is 14.7. The zero-order valence-corrected chi connectivity index (χ0v) is 16.9. The van der Waals surface area contributed by atoms with E-state index in [9.17, 15) is 4.79 Å². The van der Waals surface area contributed by atoms with Crippen LogP contribution in [0.25, 0.3) is 5.78 Å². The minimum Gasteiger partial charge on any atom is -0.353 e. The highest BCUT2D eigenvalue weighted by molar-refractivity contribution is 6.30. The number of benzene rings is 1. The van der Waals surface area contributed by atoms with E-state index in [1.807, 2.05) is 16.2 Å². The molecule has 28 heavy (non-hydrogen) atoms. The molecule has 0 aliphatic carbocycles. The van der Waals surface area contributed by atoms with Crippen LogP contribution in [0.15, 0.2) is 30.3 Å². The molecule has 3 heterocycles. The summed E-state index contributed by atoms with van der Waals surface area (Å²) in [5.41, 5.74) is 1.80. The molecule has 1 aliphatic rings. The molecular formula is C20H23ClN6O. The molecule has 2 aromatic heterocycles. The van der Waals surface area contributed by atoms with E-state index in [4.69, 9.17) is 16.6 Å². The van der Waals surface area contributed by atoms with Crippen LogP contribution in [0.5, 0.6) is 0 Å². The Kier molecular flexibility index (Phi) is 5.17. The largest absolute Gasteiger partial charge is 0.353 e. The quantitative estimate of drug-likeness (QED) is 0.675. The number of carbonyl (C=O) groups is 1. The van der Waals surface area contributed by atoms with E-state index in [0.29, 0.717) is 29.5 Å². The van der Waals surface area contributed by atoms with Crippen LogP contribution in [-0.2, 0) is 6.42 Å². The van der Waals surface area contributed by atoms with Crippen molar-refractivity contribution in [3.05, 3.63) is 52.4 Å². The van der Waals surface area contributed by atoms with Gasteiger partial charge < -0.3 is 9.80 Å². The fraction of sp³-hybridized carbons (Fsp3) is 0.400. The number of piperazine rings is 1. The number of aryl methyl sites for hydroxylation is 2. The third kappa shape index (κ3) is 3.54. The molecule has 0 radical (unpaired) electrons. The third-order valence-electron chi connectivity index (χ3n) is 5.07. The van der Waals surface area contributed by atoms with Crippen LogP contribution < -0.4 is 4.90 Å². The molecule has 1 aromatic carbocycles. The van der Waals surface area contributed by atoms with Gasteiger partial charge in [0.2, 0.25) is 0 Å².